The molecule has 2 aromatic heterocycles. The Morgan fingerprint density at radius 3 is 2.61 bits per heavy atom. The van der Waals surface area contributed by atoms with E-state index in [1.54, 1.807) is 61.1 Å². The minimum Gasteiger partial charge on any atom is -0.465 e. The van der Waals surface area contributed by atoms with Crippen molar-refractivity contribution in [3.05, 3.63) is 71.1 Å². The van der Waals surface area contributed by atoms with Crippen molar-refractivity contribution in [1.29, 1.82) is 0 Å². The SMILES string of the molecule is CCOC(=O)CNC(=O)[C@@]1(C)Cn2c(ccc2-c2ccco2)C(=O)N1Cc1ccccc1Cl. The molecule has 0 radical (unpaired) electrons. The van der Waals surface area contributed by atoms with Crippen LogP contribution in [-0.2, 0) is 27.4 Å². The predicted octanol–water partition coefficient (Wildman–Crippen LogP) is 3.50. The van der Waals surface area contributed by atoms with Crippen LogP contribution in [-0.4, -0.2) is 45.9 Å². The first-order chi connectivity index (χ1) is 15.8. The highest BCUT2D eigenvalue weighted by Gasteiger charge is 2.48. The van der Waals surface area contributed by atoms with Gasteiger partial charge in [0, 0.05) is 11.6 Å². The number of fused-ring (bicyclic) bond motifs is 1. The van der Waals surface area contributed by atoms with Crippen LogP contribution in [0.15, 0.2) is 59.2 Å². The van der Waals surface area contributed by atoms with Gasteiger partial charge in [-0.25, -0.2) is 0 Å². The van der Waals surface area contributed by atoms with Crippen molar-refractivity contribution >= 4 is 29.4 Å². The summed E-state index contributed by atoms with van der Waals surface area (Å²) in [4.78, 5) is 40.4. The van der Waals surface area contributed by atoms with E-state index in [1.165, 1.54) is 4.90 Å². The predicted molar refractivity (Wildman–Crippen MR) is 122 cm³/mol. The molecule has 0 unspecified atom stereocenters. The molecular weight excluding hydrogens is 446 g/mol. The van der Waals surface area contributed by atoms with E-state index in [9.17, 15) is 14.4 Å². The molecule has 1 aliphatic rings. The first kappa shape index (κ1) is 22.7. The fourth-order valence-electron chi connectivity index (χ4n) is 4.01. The zero-order valence-corrected chi connectivity index (χ0v) is 19.1. The zero-order chi connectivity index (χ0) is 23.6. The molecular formula is C24H24ClN3O5. The summed E-state index contributed by atoms with van der Waals surface area (Å²) in [6, 6.07) is 14.2. The maximum atomic E-state index is 13.6. The highest BCUT2D eigenvalue weighted by atomic mass is 35.5. The highest BCUT2D eigenvalue weighted by Crippen LogP contribution is 2.35. The minimum atomic E-state index is -1.31. The molecule has 9 heteroatoms. The number of aromatic nitrogens is 1. The number of esters is 1. The van der Waals surface area contributed by atoms with Gasteiger partial charge < -0.3 is 23.9 Å². The molecule has 1 N–H and O–H groups in total. The first-order valence-corrected chi connectivity index (χ1v) is 11.0. The van der Waals surface area contributed by atoms with Gasteiger partial charge >= 0.3 is 5.97 Å². The summed E-state index contributed by atoms with van der Waals surface area (Å²) in [5.74, 6) is -0.761. The maximum Gasteiger partial charge on any atom is 0.325 e. The van der Waals surface area contributed by atoms with Crippen LogP contribution in [0, 0.1) is 0 Å². The van der Waals surface area contributed by atoms with Crippen LogP contribution in [0.5, 0.6) is 0 Å². The summed E-state index contributed by atoms with van der Waals surface area (Å²) < 4.78 is 12.2. The second kappa shape index (κ2) is 9.15. The van der Waals surface area contributed by atoms with E-state index < -0.39 is 17.4 Å². The smallest absolute Gasteiger partial charge is 0.325 e. The van der Waals surface area contributed by atoms with Crippen molar-refractivity contribution in [3.8, 4) is 11.5 Å². The van der Waals surface area contributed by atoms with Crippen molar-refractivity contribution in [1.82, 2.24) is 14.8 Å². The Morgan fingerprint density at radius 1 is 1.15 bits per heavy atom. The van der Waals surface area contributed by atoms with E-state index in [0.717, 1.165) is 0 Å². The van der Waals surface area contributed by atoms with E-state index >= 15 is 0 Å². The van der Waals surface area contributed by atoms with Crippen molar-refractivity contribution in [3.63, 3.8) is 0 Å². The van der Waals surface area contributed by atoms with Crippen LogP contribution in [0.4, 0.5) is 0 Å². The molecule has 3 aromatic rings. The standard InChI is InChI=1S/C24H24ClN3O5/c1-3-32-21(29)13-26-23(31)24(2)15-27-18(20-9-6-12-33-20)10-11-19(27)22(30)28(24)14-16-7-4-5-8-17(16)25/h4-12H,3,13-15H2,1-2H3,(H,26,31)/t24-/m1/s1. The summed E-state index contributed by atoms with van der Waals surface area (Å²) in [6.07, 6.45) is 1.55. The lowest BCUT2D eigenvalue weighted by atomic mass is 9.93. The molecule has 0 fully saturated rings. The molecule has 0 saturated heterocycles. The lowest BCUT2D eigenvalue weighted by molar-refractivity contribution is -0.145. The number of hydrogen-bond donors (Lipinski definition) is 1. The number of nitrogens with one attached hydrogen (secondary N) is 1. The molecule has 0 aliphatic carbocycles. The van der Waals surface area contributed by atoms with Crippen molar-refractivity contribution in [2.75, 3.05) is 13.2 Å². The highest BCUT2D eigenvalue weighted by molar-refractivity contribution is 6.31. The van der Waals surface area contributed by atoms with Crippen LogP contribution in [0.25, 0.3) is 11.5 Å². The molecule has 1 aromatic carbocycles. The van der Waals surface area contributed by atoms with Gasteiger partial charge in [0.25, 0.3) is 5.91 Å². The van der Waals surface area contributed by atoms with Gasteiger partial charge in [-0.05, 0) is 49.7 Å². The number of benzene rings is 1. The Morgan fingerprint density at radius 2 is 1.91 bits per heavy atom. The average Bonchev–Trinajstić information content (AvgIpc) is 3.46. The molecule has 2 amide bonds. The monoisotopic (exact) mass is 469 g/mol. The Balaban J connectivity index is 1.73. The van der Waals surface area contributed by atoms with E-state index in [0.29, 0.717) is 27.7 Å². The van der Waals surface area contributed by atoms with E-state index in [1.807, 2.05) is 12.1 Å². The molecule has 8 nitrogen and oxygen atoms in total. The third kappa shape index (κ3) is 4.26. The van der Waals surface area contributed by atoms with E-state index in [2.05, 4.69) is 5.32 Å². The van der Waals surface area contributed by atoms with Gasteiger partial charge in [0.15, 0.2) is 0 Å². The van der Waals surface area contributed by atoms with Gasteiger partial charge in [0.05, 0.1) is 25.1 Å². The Kier molecular flexibility index (Phi) is 6.29. The number of furan rings is 1. The van der Waals surface area contributed by atoms with Crippen molar-refractivity contribution < 1.29 is 23.5 Å². The number of carbonyl (C=O) groups is 3. The molecule has 0 bridgehead atoms. The lowest BCUT2D eigenvalue weighted by Crippen LogP contribution is -2.64. The first-order valence-electron chi connectivity index (χ1n) is 10.6. The van der Waals surface area contributed by atoms with E-state index in [4.69, 9.17) is 20.8 Å². The van der Waals surface area contributed by atoms with E-state index in [-0.39, 0.29) is 32.1 Å². The summed E-state index contributed by atoms with van der Waals surface area (Å²) in [5.41, 5.74) is 0.522. The number of carbonyl (C=O) groups excluding carboxylic acids is 3. The average molecular weight is 470 g/mol. The van der Waals surface area contributed by atoms with Gasteiger partial charge in [-0.2, -0.15) is 0 Å². The minimum absolute atomic E-state index is 0.128. The van der Waals surface area contributed by atoms with Crippen LogP contribution in [0.2, 0.25) is 5.02 Å². The quantitative estimate of drug-likeness (QED) is 0.534. The number of ether oxygens (including phenoxy) is 1. The van der Waals surface area contributed by atoms with Crippen LogP contribution < -0.4 is 5.32 Å². The van der Waals surface area contributed by atoms with Crippen molar-refractivity contribution in [2.24, 2.45) is 0 Å². The molecule has 0 spiro atoms. The summed E-state index contributed by atoms with van der Waals surface area (Å²) in [5, 5.41) is 3.13. The number of amides is 2. The van der Waals surface area contributed by atoms with Crippen LogP contribution in [0.1, 0.15) is 29.9 Å². The Hall–Kier alpha value is -3.52. The number of nitrogens with zero attached hydrogens (tertiary/aromatic N) is 2. The molecule has 0 saturated carbocycles. The molecule has 4 rings (SSSR count). The maximum absolute atomic E-state index is 13.6. The lowest BCUT2D eigenvalue weighted by Gasteiger charge is -2.44. The molecule has 3 heterocycles. The molecule has 1 aliphatic heterocycles. The number of rotatable bonds is 7. The fourth-order valence-corrected chi connectivity index (χ4v) is 4.21. The normalized spacial score (nSPS) is 17.5. The van der Waals surface area contributed by atoms with Gasteiger partial charge in [-0.15, -0.1) is 0 Å². The summed E-state index contributed by atoms with van der Waals surface area (Å²) in [7, 11) is 0. The van der Waals surface area contributed by atoms with Crippen molar-refractivity contribution in [2.45, 2.75) is 32.5 Å². The van der Waals surface area contributed by atoms with Gasteiger partial charge in [0.1, 0.15) is 23.5 Å². The second-order valence-corrected chi connectivity index (χ2v) is 8.32. The topological polar surface area (TPSA) is 93.8 Å². The third-order valence-electron chi connectivity index (χ3n) is 5.75. The fraction of sp³-hybridized carbons (Fsp3) is 0.292. The molecule has 33 heavy (non-hydrogen) atoms. The number of halogens is 1. The summed E-state index contributed by atoms with van der Waals surface area (Å²) >= 11 is 6.36. The zero-order valence-electron chi connectivity index (χ0n) is 18.3. The van der Waals surface area contributed by atoms with Gasteiger partial charge in [0.2, 0.25) is 5.91 Å². The van der Waals surface area contributed by atoms with Gasteiger partial charge in [-0.3, -0.25) is 14.4 Å². The molecule has 1 atom stereocenters. The largest absolute Gasteiger partial charge is 0.465 e. The third-order valence-corrected chi connectivity index (χ3v) is 6.12. The Bertz CT molecular complexity index is 1190. The summed E-state index contributed by atoms with van der Waals surface area (Å²) in [6.45, 7) is 3.58. The van der Waals surface area contributed by atoms with Gasteiger partial charge in [-0.1, -0.05) is 29.8 Å². The number of hydrogen-bond acceptors (Lipinski definition) is 5. The van der Waals surface area contributed by atoms with Crippen LogP contribution in [0.3, 0.4) is 0 Å². The Labute approximate surface area is 196 Å². The van der Waals surface area contributed by atoms with Crippen LogP contribution >= 0.6 is 11.6 Å². The molecule has 172 valence electrons. The second-order valence-electron chi connectivity index (χ2n) is 7.91.